The van der Waals surface area contributed by atoms with Gasteiger partial charge in [0.1, 0.15) is 22.8 Å². The van der Waals surface area contributed by atoms with E-state index in [-0.39, 0.29) is 6.61 Å². The molecule has 23 heavy (non-hydrogen) atoms. The number of hydrogen-bond donors (Lipinski definition) is 1. The molecule has 3 aromatic rings. The number of benzene rings is 2. The zero-order chi connectivity index (χ0) is 16.4. The highest BCUT2D eigenvalue weighted by molar-refractivity contribution is 5.66. The molecule has 0 aliphatic carbocycles. The van der Waals surface area contributed by atoms with E-state index in [1.165, 1.54) is 11.1 Å². The quantitative estimate of drug-likeness (QED) is 0.804. The van der Waals surface area contributed by atoms with Crippen LogP contribution in [0.2, 0.25) is 0 Å². The van der Waals surface area contributed by atoms with Crippen LogP contribution in [0.5, 0.6) is 5.75 Å². The first kappa shape index (κ1) is 15.2. The Kier molecular flexibility index (Phi) is 4.12. The van der Waals surface area contributed by atoms with Gasteiger partial charge in [-0.25, -0.2) is 4.68 Å². The summed E-state index contributed by atoms with van der Waals surface area (Å²) in [4.78, 5) is 0. The maximum absolute atomic E-state index is 9.64. The third-order valence-electron chi connectivity index (χ3n) is 3.98. The molecule has 1 heterocycles. The summed E-state index contributed by atoms with van der Waals surface area (Å²) < 4.78 is 7.14. The number of aliphatic hydroxyl groups is 1. The highest BCUT2D eigenvalue weighted by atomic mass is 16.5. The fourth-order valence-corrected chi connectivity index (χ4v) is 2.57. The minimum atomic E-state index is -0.169. The molecule has 0 atom stereocenters. The average Bonchev–Trinajstić information content (AvgIpc) is 3.01. The third kappa shape index (κ3) is 2.71. The lowest BCUT2D eigenvalue weighted by molar-refractivity contribution is 0.277. The topological polar surface area (TPSA) is 60.2 Å². The molecule has 0 fully saturated rings. The Morgan fingerprint density at radius 1 is 1.09 bits per heavy atom. The highest BCUT2D eigenvalue weighted by Gasteiger charge is 2.18. The molecule has 2 aromatic carbocycles. The number of nitrogens with zero attached hydrogens (tertiary/aromatic N) is 3. The van der Waals surface area contributed by atoms with Gasteiger partial charge >= 0.3 is 0 Å². The fraction of sp³-hybridized carbons (Fsp3) is 0.222. The van der Waals surface area contributed by atoms with Gasteiger partial charge in [0.05, 0.1) is 13.7 Å². The lowest BCUT2D eigenvalue weighted by Crippen LogP contribution is -2.03. The lowest BCUT2D eigenvalue weighted by atomic mass is 10.0. The van der Waals surface area contributed by atoms with Gasteiger partial charge in [-0.1, -0.05) is 29.5 Å². The Morgan fingerprint density at radius 3 is 2.57 bits per heavy atom. The Hall–Kier alpha value is -2.66. The largest absolute Gasteiger partial charge is 0.494 e. The first-order valence-corrected chi connectivity index (χ1v) is 7.42. The molecule has 0 bridgehead atoms. The first-order chi connectivity index (χ1) is 11.2. The molecule has 0 aliphatic heterocycles. The molecular formula is C18H19N3O2. The summed E-state index contributed by atoms with van der Waals surface area (Å²) in [5.74, 6) is 0.701. The van der Waals surface area contributed by atoms with Crippen molar-refractivity contribution >= 4 is 0 Å². The average molecular weight is 309 g/mol. The van der Waals surface area contributed by atoms with E-state index in [1.807, 2.05) is 30.3 Å². The minimum absolute atomic E-state index is 0.169. The third-order valence-corrected chi connectivity index (χ3v) is 3.98. The summed E-state index contributed by atoms with van der Waals surface area (Å²) in [7, 11) is 1.62. The molecule has 118 valence electrons. The van der Waals surface area contributed by atoms with E-state index >= 15 is 0 Å². The number of para-hydroxylation sites is 2. The molecular weight excluding hydrogens is 290 g/mol. The van der Waals surface area contributed by atoms with Crippen LogP contribution in [0, 0.1) is 13.8 Å². The summed E-state index contributed by atoms with van der Waals surface area (Å²) >= 11 is 0. The van der Waals surface area contributed by atoms with Gasteiger partial charge < -0.3 is 9.84 Å². The van der Waals surface area contributed by atoms with Crippen LogP contribution in [-0.4, -0.2) is 27.2 Å². The Bertz CT molecular complexity index is 840. The van der Waals surface area contributed by atoms with Crippen molar-refractivity contribution in [2.24, 2.45) is 0 Å². The van der Waals surface area contributed by atoms with E-state index in [0.717, 1.165) is 16.9 Å². The predicted molar refractivity (Wildman–Crippen MR) is 88.7 cm³/mol. The summed E-state index contributed by atoms with van der Waals surface area (Å²) in [6.45, 7) is 3.97. The maximum Gasteiger partial charge on any atom is 0.144 e. The van der Waals surface area contributed by atoms with Crippen molar-refractivity contribution in [2.75, 3.05) is 7.11 Å². The van der Waals surface area contributed by atoms with Crippen LogP contribution in [0.3, 0.4) is 0 Å². The van der Waals surface area contributed by atoms with Crippen LogP contribution in [0.15, 0.2) is 42.5 Å². The van der Waals surface area contributed by atoms with Gasteiger partial charge in [0.15, 0.2) is 0 Å². The van der Waals surface area contributed by atoms with Gasteiger partial charge in [0.25, 0.3) is 0 Å². The van der Waals surface area contributed by atoms with Crippen molar-refractivity contribution in [3.05, 3.63) is 59.3 Å². The lowest BCUT2D eigenvalue weighted by Gasteiger charge is -2.12. The van der Waals surface area contributed by atoms with Gasteiger partial charge in [0.2, 0.25) is 0 Å². The SMILES string of the molecule is COc1ccccc1-n1nnc(CO)c1-c1ccc(C)c(C)c1. The van der Waals surface area contributed by atoms with Crippen molar-refractivity contribution in [1.82, 2.24) is 15.0 Å². The molecule has 5 heteroatoms. The maximum atomic E-state index is 9.64. The Labute approximate surface area is 135 Å². The van der Waals surface area contributed by atoms with Crippen LogP contribution in [0.25, 0.3) is 16.9 Å². The number of aromatic nitrogens is 3. The van der Waals surface area contributed by atoms with Crippen LogP contribution in [0.1, 0.15) is 16.8 Å². The smallest absolute Gasteiger partial charge is 0.144 e. The second kappa shape index (κ2) is 6.22. The molecule has 0 spiro atoms. The molecule has 5 nitrogen and oxygen atoms in total. The molecule has 0 aliphatic rings. The van der Waals surface area contributed by atoms with Gasteiger partial charge in [0, 0.05) is 5.56 Å². The van der Waals surface area contributed by atoms with Crippen molar-refractivity contribution in [1.29, 1.82) is 0 Å². The van der Waals surface area contributed by atoms with Crippen LogP contribution in [-0.2, 0) is 6.61 Å². The molecule has 0 radical (unpaired) electrons. The van der Waals surface area contributed by atoms with E-state index in [4.69, 9.17) is 4.74 Å². The standard InChI is InChI=1S/C18H19N3O2/c1-12-8-9-14(10-13(12)2)18-15(11-22)19-20-21(18)16-6-4-5-7-17(16)23-3/h4-10,22H,11H2,1-3H3. The number of rotatable bonds is 4. The van der Waals surface area contributed by atoms with E-state index in [1.54, 1.807) is 11.8 Å². The van der Waals surface area contributed by atoms with Gasteiger partial charge in [-0.15, -0.1) is 5.10 Å². The molecule has 1 aromatic heterocycles. The number of ether oxygens (including phenoxy) is 1. The molecule has 0 saturated heterocycles. The van der Waals surface area contributed by atoms with E-state index in [9.17, 15) is 5.11 Å². The van der Waals surface area contributed by atoms with Crippen molar-refractivity contribution in [3.63, 3.8) is 0 Å². The minimum Gasteiger partial charge on any atom is -0.494 e. The number of aliphatic hydroxyl groups excluding tert-OH is 1. The second-order valence-corrected chi connectivity index (χ2v) is 5.43. The number of hydrogen-bond acceptors (Lipinski definition) is 4. The highest BCUT2D eigenvalue weighted by Crippen LogP contribution is 2.30. The zero-order valence-electron chi connectivity index (χ0n) is 13.4. The summed E-state index contributed by atoms with van der Waals surface area (Å²) in [5.41, 5.74) is 5.47. The van der Waals surface area contributed by atoms with Crippen molar-refractivity contribution in [3.8, 4) is 22.7 Å². The molecule has 3 rings (SSSR count). The van der Waals surface area contributed by atoms with Crippen molar-refractivity contribution in [2.45, 2.75) is 20.5 Å². The zero-order valence-corrected chi connectivity index (χ0v) is 13.4. The molecule has 0 saturated carbocycles. The number of methoxy groups -OCH3 is 1. The van der Waals surface area contributed by atoms with Crippen LogP contribution >= 0.6 is 0 Å². The van der Waals surface area contributed by atoms with Crippen molar-refractivity contribution < 1.29 is 9.84 Å². The first-order valence-electron chi connectivity index (χ1n) is 7.42. The molecule has 0 unspecified atom stereocenters. The van der Waals surface area contributed by atoms with E-state index < -0.39 is 0 Å². The molecule has 0 amide bonds. The summed E-state index contributed by atoms with van der Waals surface area (Å²) in [6.07, 6.45) is 0. The summed E-state index contributed by atoms with van der Waals surface area (Å²) in [5, 5.41) is 18.0. The Morgan fingerprint density at radius 2 is 1.87 bits per heavy atom. The summed E-state index contributed by atoms with van der Waals surface area (Å²) in [6, 6.07) is 13.8. The molecule has 1 N–H and O–H groups in total. The van der Waals surface area contributed by atoms with Gasteiger partial charge in [-0.05, 0) is 43.2 Å². The monoisotopic (exact) mass is 309 g/mol. The van der Waals surface area contributed by atoms with E-state index in [0.29, 0.717) is 11.4 Å². The van der Waals surface area contributed by atoms with Crippen LogP contribution < -0.4 is 4.74 Å². The fourth-order valence-electron chi connectivity index (χ4n) is 2.57. The van der Waals surface area contributed by atoms with Gasteiger partial charge in [-0.2, -0.15) is 0 Å². The Balaban J connectivity index is 2.24. The van der Waals surface area contributed by atoms with Gasteiger partial charge in [-0.3, -0.25) is 0 Å². The van der Waals surface area contributed by atoms with E-state index in [2.05, 4.69) is 36.3 Å². The number of aryl methyl sites for hydroxylation is 2. The van der Waals surface area contributed by atoms with Crippen LogP contribution in [0.4, 0.5) is 0 Å². The predicted octanol–water partition coefficient (Wildman–Crippen LogP) is 3.05. The normalized spacial score (nSPS) is 10.8. The second-order valence-electron chi connectivity index (χ2n) is 5.43.